The van der Waals surface area contributed by atoms with Gasteiger partial charge in [0.25, 0.3) is 5.56 Å². The largest absolute Gasteiger partial charge is 0.474 e. The quantitative estimate of drug-likeness (QED) is 0.235. The second-order valence-electron chi connectivity index (χ2n) is 9.55. The van der Waals surface area contributed by atoms with E-state index in [1.807, 2.05) is 0 Å². The van der Waals surface area contributed by atoms with Crippen LogP contribution in [-0.2, 0) is 39.2 Å². The molecule has 1 saturated carbocycles. The van der Waals surface area contributed by atoms with Gasteiger partial charge in [-0.2, -0.15) is 4.98 Å². The van der Waals surface area contributed by atoms with Gasteiger partial charge in [-0.1, -0.05) is 12.2 Å². The molecule has 9 atom stereocenters. The van der Waals surface area contributed by atoms with Gasteiger partial charge in [0.05, 0.1) is 25.6 Å². The Kier molecular flexibility index (Phi) is 7.95. The summed E-state index contributed by atoms with van der Waals surface area (Å²) >= 11 is 9.29. The fourth-order valence-corrected chi connectivity index (χ4v) is 8.00. The van der Waals surface area contributed by atoms with E-state index in [4.69, 9.17) is 45.1 Å². The Labute approximate surface area is 241 Å². The lowest BCUT2D eigenvalue weighted by Crippen LogP contribution is -2.32. The maximum Gasteiger partial charge on any atom is 0.386 e. The molecule has 6 rings (SSSR count). The lowest BCUT2D eigenvalue weighted by atomic mass is 10.1. The summed E-state index contributed by atoms with van der Waals surface area (Å²) in [6.45, 7) is -8.91. The number of anilines is 1. The summed E-state index contributed by atoms with van der Waals surface area (Å²) in [6, 6.07) is 1.59. The Morgan fingerprint density at radius 3 is 2.85 bits per heavy atom. The van der Waals surface area contributed by atoms with E-state index >= 15 is 4.39 Å². The number of alkyl halides is 1. The normalized spacial score (nSPS) is 38.1. The fraction of sp³-hybridized carbons (Fsp3) is 0.550. The van der Waals surface area contributed by atoms with Gasteiger partial charge < -0.3 is 33.7 Å². The van der Waals surface area contributed by atoms with Crippen molar-refractivity contribution in [3.8, 4) is 5.88 Å². The van der Waals surface area contributed by atoms with Gasteiger partial charge in [0.2, 0.25) is 11.8 Å². The van der Waals surface area contributed by atoms with Crippen LogP contribution < -0.4 is 16.0 Å². The van der Waals surface area contributed by atoms with Gasteiger partial charge in [-0.15, -0.1) is 0 Å². The van der Waals surface area contributed by atoms with Gasteiger partial charge >= 0.3 is 13.5 Å². The third-order valence-electron chi connectivity index (χ3n) is 6.80. The molecule has 0 radical (unpaired) electrons. The fourth-order valence-electron chi connectivity index (χ4n) is 5.00. The zero-order chi connectivity index (χ0) is 28.9. The summed E-state index contributed by atoms with van der Waals surface area (Å²) in [6.07, 6.45) is -2.75. The van der Waals surface area contributed by atoms with Crippen LogP contribution in [0, 0.1) is 5.92 Å². The minimum absolute atomic E-state index is 0.0335. The molecule has 2 aliphatic heterocycles. The Hall–Kier alpha value is -2.05. The highest BCUT2D eigenvalue weighted by molar-refractivity contribution is 8.44. The molecule has 16 nitrogen and oxygen atoms in total. The van der Waals surface area contributed by atoms with Crippen molar-refractivity contribution in [2.24, 2.45) is 5.92 Å². The van der Waals surface area contributed by atoms with Crippen LogP contribution in [0.1, 0.15) is 19.1 Å². The molecular formula is C20H24FN7O9P2S2. The number of halogens is 1. The third kappa shape index (κ3) is 6.20. The van der Waals surface area contributed by atoms with E-state index in [1.165, 1.54) is 23.4 Å². The molecular weight excluding hydrogens is 627 g/mol. The molecule has 2 unspecified atom stereocenters. The average molecular weight is 652 g/mol. The predicted octanol–water partition coefficient (Wildman–Crippen LogP) is 1.66. The third-order valence-corrected chi connectivity index (χ3v) is 10.00. The van der Waals surface area contributed by atoms with Crippen LogP contribution >= 0.6 is 25.8 Å². The van der Waals surface area contributed by atoms with E-state index in [2.05, 4.69) is 37.2 Å². The first-order valence-corrected chi connectivity index (χ1v) is 17.5. The van der Waals surface area contributed by atoms with Crippen LogP contribution in [0.2, 0.25) is 0 Å². The van der Waals surface area contributed by atoms with Crippen molar-refractivity contribution in [2.45, 2.75) is 49.7 Å². The van der Waals surface area contributed by atoms with E-state index in [0.29, 0.717) is 12.3 Å². The molecule has 21 heteroatoms. The smallest absolute Gasteiger partial charge is 0.386 e. The molecule has 4 N–H and O–H groups in total. The Morgan fingerprint density at radius 1 is 1.24 bits per heavy atom. The number of nitrogen functional groups attached to an aromatic ring is 1. The zero-order valence-electron chi connectivity index (χ0n) is 20.8. The van der Waals surface area contributed by atoms with Crippen molar-refractivity contribution in [1.82, 2.24) is 29.5 Å². The lowest BCUT2D eigenvalue weighted by Gasteiger charge is -2.27. The number of nitrogens with zero attached hydrogens (tertiary/aromatic N) is 5. The minimum Gasteiger partial charge on any atom is -0.474 e. The van der Waals surface area contributed by atoms with Crippen LogP contribution in [0.3, 0.4) is 0 Å². The highest BCUT2D eigenvalue weighted by Crippen LogP contribution is 2.59. The Morgan fingerprint density at radius 2 is 2.07 bits per heavy atom. The predicted molar refractivity (Wildman–Crippen MR) is 145 cm³/mol. The van der Waals surface area contributed by atoms with Crippen molar-refractivity contribution >= 4 is 54.7 Å². The minimum atomic E-state index is -4.23. The summed E-state index contributed by atoms with van der Waals surface area (Å²) in [4.78, 5) is 41.4. The first-order valence-electron chi connectivity index (χ1n) is 12.2. The maximum absolute atomic E-state index is 15.7. The van der Waals surface area contributed by atoms with Crippen molar-refractivity contribution in [3.63, 3.8) is 0 Å². The first kappa shape index (κ1) is 29.0. The van der Waals surface area contributed by atoms with Crippen LogP contribution in [0.15, 0.2) is 29.7 Å². The molecule has 5 heterocycles. The summed E-state index contributed by atoms with van der Waals surface area (Å²) in [7, 11) is 0. The van der Waals surface area contributed by atoms with Gasteiger partial charge in [-0.25, -0.2) is 23.9 Å². The van der Waals surface area contributed by atoms with Crippen molar-refractivity contribution in [1.29, 1.82) is 0 Å². The van der Waals surface area contributed by atoms with E-state index in [0.717, 1.165) is 0 Å². The Bertz CT molecular complexity index is 1590. The molecule has 0 spiro atoms. The number of aromatic nitrogens is 6. The SMILES string of the molecule is Nc1nc2c(ncn2[C@@H]2O[C@@H]3COP(O)(=S)O[C@H]4C[C@H](Oc5ccncn5)C[C@@H]4COP(=O)(S)O[C@@H]2[C@@H]3F)c(=O)[nH]1. The molecule has 3 aromatic heterocycles. The number of nitrogens with two attached hydrogens (primary N) is 1. The van der Waals surface area contributed by atoms with E-state index in [9.17, 15) is 14.3 Å². The second-order valence-corrected chi connectivity index (χ2v) is 15.2. The summed E-state index contributed by atoms with van der Waals surface area (Å²) in [5.74, 6) is -0.360. The number of imidazole rings is 1. The second kappa shape index (κ2) is 11.2. The first-order chi connectivity index (χ1) is 19.5. The lowest BCUT2D eigenvalue weighted by molar-refractivity contribution is -0.0481. The molecule has 41 heavy (non-hydrogen) atoms. The molecule has 0 aromatic carbocycles. The number of rotatable bonds is 3. The highest BCUT2D eigenvalue weighted by Gasteiger charge is 2.52. The molecule has 3 aliphatic rings. The average Bonchev–Trinajstić information content (AvgIpc) is 3.57. The number of fused-ring (bicyclic) bond motifs is 4. The van der Waals surface area contributed by atoms with Gasteiger partial charge in [0.15, 0.2) is 23.6 Å². The number of nitrogens with one attached hydrogen (secondary N) is 1. The van der Waals surface area contributed by atoms with E-state index in [-0.39, 0.29) is 30.1 Å². The molecule has 222 valence electrons. The Balaban J connectivity index is 1.28. The van der Waals surface area contributed by atoms with Gasteiger partial charge in [-0.05, 0) is 18.2 Å². The van der Waals surface area contributed by atoms with Crippen LogP contribution in [0.25, 0.3) is 11.2 Å². The number of hydrogen-bond acceptors (Lipinski definition) is 14. The van der Waals surface area contributed by atoms with Crippen LogP contribution in [0.5, 0.6) is 5.88 Å². The van der Waals surface area contributed by atoms with E-state index < -0.39 is 68.4 Å². The van der Waals surface area contributed by atoms with Crippen molar-refractivity contribution in [2.75, 3.05) is 18.9 Å². The molecule has 0 amide bonds. The van der Waals surface area contributed by atoms with Crippen LogP contribution in [-0.4, -0.2) is 78.2 Å². The molecule has 2 saturated heterocycles. The van der Waals surface area contributed by atoms with Gasteiger partial charge in [-0.3, -0.25) is 18.9 Å². The van der Waals surface area contributed by atoms with Crippen molar-refractivity contribution in [3.05, 3.63) is 35.3 Å². The monoisotopic (exact) mass is 651 g/mol. The zero-order valence-corrected chi connectivity index (χ0v) is 24.3. The molecule has 3 aromatic rings. The van der Waals surface area contributed by atoms with Crippen molar-refractivity contribution < 1.29 is 41.4 Å². The summed E-state index contributed by atoms with van der Waals surface area (Å²) in [5.41, 5.74) is 4.92. The molecule has 1 aliphatic carbocycles. The highest BCUT2D eigenvalue weighted by atomic mass is 32.7. The summed E-state index contributed by atoms with van der Waals surface area (Å²) in [5, 5.41) is 0. The number of H-pyrrole nitrogens is 1. The van der Waals surface area contributed by atoms with Gasteiger partial charge in [0.1, 0.15) is 24.6 Å². The van der Waals surface area contributed by atoms with Gasteiger partial charge in [0, 0.05) is 24.6 Å². The number of ether oxygens (including phenoxy) is 2. The van der Waals surface area contributed by atoms with Crippen LogP contribution in [0.4, 0.5) is 10.3 Å². The number of thiol groups is 1. The summed E-state index contributed by atoms with van der Waals surface area (Å²) < 4.78 is 64.5. The molecule has 2 bridgehead atoms. The number of aromatic amines is 1. The topological polar surface area (TPSA) is 208 Å². The number of hydrogen-bond donors (Lipinski definition) is 4. The maximum atomic E-state index is 15.7. The standard InChI is InChI=1S/C20H24FN7O9P2S2/c21-14-12-6-33-38(30,40)36-11-4-10(34-13-1-2-23-7-24-13)3-9(11)5-32-39(31,41)37-16(14)19(35-12)28-8-25-15-17(28)26-20(22)27-18(15)29/h1-2,7-12,14,16,19H,3-6H2,(H,30,40)(H,31,41)(H3,22,26,27,29)/t9-,10-,11+,12-,14-,16-,19-,38?,39?/m1/s1. The van der Waals surface area contributed by atoms with E-state index in [1.54, 1.807) is 6.07 Å². The molecule has 3 fully saturated rings.